The number of fused-ring (bicyclic) bond motifs is 1. The molecule has 0 bridgehead atoms. The summed E-state index contributed by atoms with van der Waals surface area (Å²) in [6, 6.07) is 10.7. The van der Waals surface area contributed by atoms with E-state index in [1.54, 1.807) is 42.8 Å². The molecule has 0 saturated heterocycles. The van der Waals surface area contributed by atoms with Crippen LogP contribution in [0.2, 0.25) is 0 Å². The number of hydrogen-bond acceptors (Lipinski definition) is 4. The lowest BCUT2D eigenvalue weighted by Crippen LogP contribution is -2.14. The zero-order chi connectivity index (χ0) is 19.6. The number of benzene rings is 1. The normalized spacial score (nSPS) is 10.8. The Morgan fingerprint density at radius 2 is 1.93 bits per heavy atom. The molecule has 140 valence electrons. The van der Waals surface area contributed by atoms with Gasteiger partial charge in [-0.05, 0) is 37.1 Å². The predicted octanol–water partition coefficient (Wildman–Crippen LogP) is 3.48. The Morgan fingerprint density at radius 3 is 2.52 bits per heavy atom. The number of carbonyl (C=O) groups excluding carboxylic acids is 1. The summed E-state index contributed by atoms with van der Waals surface area (Å²) in [5.74, 6) is -0.751. The van der Waals surface area contributed by atoms with Crippen LogP contribution in [0.25, 0.3) is 11.0 Å². The van der Waals surface area contributed by atoms with Crippen molar-refractivity contribution < 1.29 is 19.4 Å². The molecule has 7 heteroatoms. The fourth-order valence-corrected chi connectivity index (χ4v) is 3.02. The molecule has 0 unspecified atom stereocenters. The minimum Gasteiger partial charge on any atom is -0.489 e. The molecule has 0 aliphatic rings. The number of amides is 1. The number of carbonyl (C=O) groups is 2. The predicted molar refractivity (Wildman–Crippen MR) is 103 cm³/mol. The van der Waals surface area contributed by atoms with Gasteiger partial charge in [-0.15, -0.1) is 0 Å². The molecule has 0 spiro atoms. The topological polar surface area (TPSA) is 93.5 Å². The van der Waals surface area contributed by atoms with Crippen molar-refractivity contribution in [1.82, 2.24) is 9.55 Å². The summed E-state index contributed by atoms with van der Waals surface area (Å²) >= 11 is 0. The van der Waals surface area contributed by atoms with Crippen molar-refractivity contribution in [2.75, 3.05) is 11.9 Å². The van der Waals surface area contributed by atoms with Crippen molar-refractivity contribution in [2.45, 2.75) is 20.3 Å². The number of pyridine rings is 1. The number of nitrogens with zero attached hydrogens (tertiary/aromatic N) is 2. The molecule has 0 radical (unpaired) electrons. The monoisotopic (exact) mass is 367 g/mol. The van der Waals surface area contributed by atoms with Crippen LogP contribution in [0.1, 0.15) is 40.3 Å². The Morgan fingerprint density at radius 1 is 1.22 bits per heavy atom. The second-order valence-electron chi connectivity index (χ2n) is 6.01. The first-order valence-electron chi connectivity index (χ1n) is 8.72. The second kappa shape index (κ2) is 7.49. The molecule has 3 aromatic rings. The number of aryl methyl sites for hydroxylation is 2. The summed E-state index contributed by atoms with van der Waals surface area (Å²) in [7, 11) is 1.66. The molecular formula is C20H21N3O4. The zero-order valence-corrected chi connectivity index (χ0v) is 15.4. The van der Waals surface area contributed by atoms with E-state index in [1.165, 1.54) is 0 Å². The Labute approximate surface area is 156 Å². The van der Waals surface area contributed by atoms with Gasteiger partial charge in [-0.3, -0.25) is 4.79 Å². The van der Waals surface area contributed by atoms with Crippen molar-refractivity contribution in [3.63, 3.8) is 0 Å². The highest BCUT2D eigenvalue weighted by atomic mass is 16.5. The van der Waals surface area contributed by atoms with Gasteiger partial charge in [0.1, 0.15) is 11.3 Å². The Balaban J connectivity index is 2.14. The third-order valence-electron chi connectivity index (χ3n) is 4.35. The van der Waals surface area contributed by atoms with E-state index in [-0.39, 0.29) is 17.4 Å². The highest BCUT2D eigenvalue weighted by Gasteiger charge is 2.24. The quantitative estimate of drug-likeness (QED) is 0.696. The minimum atomic E-state index is -1.09. The number of carboxylic acids is 1. The molecule has 2 heterocycles. The van der Waals surface area contributed by atoms with E-state index in [4.69, 9.17) is 4.74 Å². The molecule has 27 heavy (non-hydrogen) atoms. The number of hydrogen-bond donors (Lipinski definition) is 2. The first-order chi connectivity index (χ1) is 13.0. The minimum absolute atomic E-state index is 0.0351. The lowest BCUT2D eigenvalue weighted by Gasteiger charge is -2.10. The molecule has 0 aliphatic carbocycles. The Kier molecular flexibility index (Phi) is 5.12. The maximum atomic E-state index is 12.5. The van der Waals surface area contributed by atoms with Crippen LogP contribution in [0.5, 0.6) is 5.75 Å². The van der Waals surface area contributed by atoms with Gasteiger partial charge in [0.15, 0.2) is 11.4 Å². The average Bonchev–Trinajstić information content (AvgIpc) is 2.93. The third-order valence-corrected chi connectivity index (χ3v) is 4.35. The SMILES string of the molecule is CCOc1c(C(=O)O)n(C)c2cc(CC)c(NC(=O)c3ccccc3)nc12. The standard InChI is InChI=1S/C20H21N3O4/c1-4-12-11-14-15(17(27-5-2)16(20(25)26)23(14)3)21-18(12)22-19(24)13-9-7-6-8-10-13/h6-11H,4-5H2,1-3H3,(H,25,26)(H,21,22,24). The largest absolute Gasteiger partial charge is 0.489 e. The number of rotatable bonds is 6. The number of ether oxygens (including phenoxy) is 1. The number of aromatic nitrogens is 2. The molecule has 0 saturated carbocycles. The van der Waals surface area contributed by atoms with Crippen LogP contribution in [-0.4, -0.2) is 33.1 Å². The van der Waals surface area contributed by atoms with Crippen LogP contribution in [0.3, 0.4) is 0 Å². The van der Waals surface area contributed by atoms with Crippen molar-refractivity contribution >= 4 is 28.7 Å². The van der Waals surface area contributed by atoms with Gasteiger partial charge in [-0.2, -0.15) is 0 Å². The van der Waals surface area contributed by atoms with Crippen molar-refractivity contribution in [1.29, 1.82) is 0 Å². The van der Waals surface area contributed by atoms with Gasteiger partial charge in [0.05, 0.1) is 12.1 Å². The van der Waals surface area contributed by atoms with E-state index in [1.807, 2.05) is 19.1 Å². The third kappa shape index (κ3) is 3.36. The van der Waals surface area contributed by atoms with E-state index in [9.17, 15) is 14.7 Å². The molecule has 7 nitrogen and oxygen atoms in total. The van der Waals surface area contributed by atoms with Gasteiger partial charge in [-0.25, -0.2) is 9.78 Å². The highest BCUT2D eigenvalue weighted by Crippen LogP contribution is 2.34. The van der Waals surface area contributed by atoms with Crippen molar-refractivity contribution in [2.24, 2.45) is 7.05 Å². The number of nitrogens with one attached hydrogen (secondary N) is 1. The summed E-state index contributed by atoms with van der Waals surface area (Å²) in [6.45, 7) is 4.04. The van der Waals surface area contributed by atoms with Gasteiger partial charge in [0.2, 0.25) is 0 Å². The molecular weight excluding hydrogens is 346 g/mol. The fraction of sp³-hybridized carbons (Fsp3) is 0.250. The van der Waals surface area contributed by atoms with Gasteiger partial charge >= 0.3 is 5.97 Å². The van der Waals surface area contributed by atoms with Crippen LogP contribution < -0.4 is 10.1 Å². The first-order valence-corrected chi connectivity index (χ1v) is 8.72. The maximum absolute atomic E-state index is 12.5. The van der Waals surface area contributed by atoms with Gasteiger partial charge in [0, 0.05) is 12.6 Å². The summed E-state index contributed by atoms with van der Waals surface area (Å²) < 4.78 is 7.13. The maximum Gasteiger partial charge on any atom is 0.356 e. The number of carboxylic acid groups (broad SMARTS) is 1. The van der Waals surface area contributed by atoms with Crippen molar-refractivity contribution in [3.05, 3.63) is 53.2 Å². The van der Waals surface area contributed by atoms with Crippen LogP contribution in [0, 0.1) is 0 Å². The van der Waals surface area contributed by atoms with Gasteiger partial charge < -0.3 is 19.7 Å². The summed E-state index contributed by atoms with van der Waals surface area (Å²) in [6.07, 6.45) is 0.630. The van der Waals surface area contributed by atoms with Crippen LogP contribution in [0.4, 0.5) is 5.82 Å². The average molecular weight is 367 g/mol. The zero-order valence-electron chi connectivity index (χ0n) is 15.4. The van der Waals surface area contributed by atoms with E-state index >= 15 is 0 Å². The smallest absolute Gasteiger partial charge is 0.356 e. The second-order valence-corrected chi connectivity index (χ2v) is 6.01. The summed E-state index contributed by atoms with van der Waals surface area (Å²) in [5, 5.41) is 12.4. The van der Waals surface area contributed by atoms with Gasteiger partial charge in [0.25, 0.3) is 5.91 Å². The lowest BCUT2D eigenvalue weighted by atomic mass is 10.1. The number of anilines is 1. The van der Waals surface area contributed by atoms with E-state index in [2.05, 4.69) is 10.3 Å². The van der Waals surface area contributed by atoms with Crippen LogP contribution in [-0.2, 0) is 13.5 Å². The highest BCUT2D eigenvalue weighted by molar-refractivity contribution is 6.05. The first kappa shape index (κ1) is 18.4. The lowest BCUT2D eigenvalue weighted by molar-refractivity contribution is 0.0682. The molecule has 1 amide bonds. The van der Waals surface area contributed by atoms with E-state index < -0.39 is 5.97 Å². The molecule has 0 atom stereocenters. The molecule has 1 aromatic carbocycles. The molecule has 0 fully saturated rings. The molecule has 3 rings (SSSR count). The van der Waals surface area contributed by atoms with Crippen LogP contribution >= 0.6 is 0 Å². The van der Waals surface area contributed by atoms with Crippen molar-refractivity contribution in [3.8, 4) is 5.75 Å². The van der Waals surface area contributed by atoms with Crippen LogP contribution in [0.15, 0.2) is 36.4 Å². The molecule has 2 aromatic heterocycles. The van der Waals surface area contributed by atoms with E-state index in [0.717, 1.165) is 5.56 Å². The number of aromatic carboxylic acids is 1. The Bertz CT molecular complexity index is 1010. The summed E-state index contributed by atoms with van der Waals surface area (Å²) in [4.78, 5) is 28.8. The van der Waals surface area contributed by atoms with Gasteiger partial charge in [-0.1, -0.05) is 25.1 Å². The molecule has 0 aliphatic heterocycles. The fourth-order valence-electron chi connectivity index (χ4n) is 3.02. The molecule has 2 N–H and O–H groups in total. The van der Waals surface area contributed by atoms with E-state index in [0.29, 0.717) is 35.4 Å². The summed E-state index contributed by atoms with van der Waals surface area (Å²) in [5.41, 5.74) is 2.42. The Hall–Kier alpha value is -3.35.